The molecular weight excluding hydrogens is 286 g/mol. The van der Waals surface area contributed by atoms with E-state index in [-0.39, 0.29) is 0 Å². The van der Waals surface area contributed by atoms with Crippen LogP contribution < -0.4 is 10.5 Å². The van der Waals surface area contributed by atoms with Crippen molar-refractivity contribution in [3.8, 4) is 0 Å². The molecular formula is C15H27N3O2S. The predicted molar refractivity (Wildman–Crippen MR) is 86.7 cm³/mol. The van der Waals surface area contributed by atoms with E-state index in [1.807, 2.05) is 6.07 Å². The maximum absolute atomic E-state index is 12.3. The van der Waals surface area contributed by atoms with Gasteiger partial charge in [-0.15, -0.1) is 0 Å². The van der Waals surface area contributed by atoms with Crippen LogP contribution in [-0.2, 0) is 16.6 Å². The lowest BCUT2D eigenvalue weighted by Gasteiger charge is -2.19. The SMILES string of the molecule is CCCN(CC)CCNS(=O)(=O)c1ccc(CN)cc1C. The molecule has 0 spiro atoms. The first kappa shape index (κ1) is 18.1. The van der Waals surface area contributed by atoms with Crippen LogP contribution in [0.1, 0.15) is 31.4 Å². The number of sulfonamides is 1. The second kappa shape index (κ2) is 8.48. The minimum Gasteiger partial charge on any atom is -0.326 e. The zero-order valence-electron chi connectivity index (χ0n) is 13.2. The number of aryl methyl sites for hydroxylation is 1. The highest BCUT2D eigenvalue weighted by Gasteiger charge is 2.16. The van der Waals surface area contributed by atoms with Crippen LogP contribution in [0.3, 0.4) is 0 Å². The summed E-state index contributed by atoms with van der Waals surface area (Å²) < 4.78 is 27.3. The molecule has 3 N–H and O–H groups in total. The normalized spacial score (nSPS) is 12.0. The molecule has 0 unspecified atom stereocenters. The van der Waals surface area contributed by atoms with E-state index in [4.69, 9.17) is 5.73 Å². The van der Waals surface area contributed by atoms with Gasteiger partial charge in [0.15, 0.2) is 0 Å². The molecule has 0 amide bonds. The van der Waals surface area contributed by atoms with Gasteiger partial charge in [0, 0.05) is 19.6 Å². The Hall–Kier alpha value is -0.950. The highest BCUT2D eigenvalue weighted by molar-refractivity contribution is 7.89. The molecule has 120 valence electrons. The van der Waals surface area contributed by atoms with Crippen molar-refractivity contribution >= 4 is 10.0 Å². The minimum atomic E-state index is -3.45. The summed E-state index contributed by atoms with van der Waals surface area (Å²) in [4.78, 5) is 2.56. The summed E-state index contributed by atoms with van der Waals surface area (Å²) in [6, 6.07) is 5.21. The van der Waals surface area contributed by atoms with Crippen LogP contribution in [-0.4, -0.2) is 39.5 Å². The Labute approximate surface area is 128 Å². The highest BCUT2D eigenvalue weighted by atomic mass is 32.2. The van der Waals surface area contributed by atoms with Gasteiger partial charge in [-0.1, -0.05) is 26.0 Å². The number of rotatable bonds is 9. The first-order chi connectivity index (χ1) is 9.94. The fraction of sp³-hybridized carbons (Fsp3) is 0.600. The molecule has 0 heterocycles. The molecule has 6 heteroatoms. The molecule has 0 aliphatic rings. The molecule has 1 aromatic rings. The summed E-state index contributed by atoms with van der Waals surface area (Å²) in [7, 11) is -3.45. The van der Waals surface area contributed by atoms with Gasteiger partial charge in [0.1, 0.15) is 0 Å². The van der Waals surface area contributed by atoms with E-state index in [9.17, 15) is 8.42 Å². The smallest absolute Gasteiger partial charge is 0.240 e. The molecule has 1 rings (SSSR count). The lowest BCUT2D eigenvalue weighted by Crippen LogP contribution is -2.35. The molecule has 0 atom stereocenters. The quantitative estimate of drug-likeness (QED) is 0.724. The summed E-state index contributed by atoms with van der Waals surface area (Å²) in [5.41, 5.74) is 7.23. The Morgan fingerprint density at radius 3 is 2.48 bits per heavy atom. The molecule has 0 radical (unpaired) electrons. The van der Waals surface area contributed by atoms with Crippen LogP contribution in [0, 0.1) is 6.92 Å². The Bertz CT molecular complexity index is 544. The number of nitrogens with zero attached hydrogens (tertiary/aromatic N) is 1. The third kappa shape index (κ3) is 5.39. The van der Waals surface area contributed by atoms with Crippen LogP contribution in [0.25, 0.3) is 0 Å². The minimum absolute atomic E-state index is 0.332. The summed E-state index contributed by atoms with van der Waals surface area (Å²) in [6.07, 6.45) is 1.07. The number of hydrogen-bond acceptors (Lipinski definition) is 4. The standard InChI is InChI=1S/C15H27N3O2S/c1-4-9-18(5-2)10-8-17-21(19,20)15-7-6-14(12-16)11-13(15)3/h6-7,11,17H,4-5,8-10,12,16H2,1-3H3. The van der Waals surface area contributed by atoms with E-state index in [2.05, 4.69) is 23.5 Å². The molecule has 0 aliphatic carbocycles. The van der Waals surface area contributed by atoms with Crippen LogP contribution >= 0.6 is 0 Å². The number of benzene rings is 1. The average Bonchev–Trinajstić information content (AvgIpc) is 2.45. The van der Waals surface area contributed by atoms with Crippen molar-refractivity contribution in [2.75, 3.05) is 26.2 Å². The summed E-state index contributed by atoms with van der Waals surface area (Å²) >= 11 is 0. The average molecular weight is 313 g/mol. The number of nitrogens with two attached hydrogens (primary N) is 1. The largest absolute Gasteiger partial charge is 0.326 e. The van der Waals surface area contributed by atoms with E-state index < -0.39 is 10.0 Å². The maximum atomic E-state index is 12.3. The van der Waals surface area contributed by atoms with E-state index in [0.717, 1.165) is 37.2 Å². The Kier molecular flexibility index (Phi) is 7.31. The van der Waals surface area contributed by atoms with Crippen molar-refractivity contribution in [1.29, 1.82) is 0 Å². The molecule has 0 aliphatic heterocycles. The third-order valence-corrected chi connectivity index (χ3v) is 5.09. The Morgan fingerprint density at radius 2 is 1.95 bits per heavy atom. The predicted octanol–water partition coefficient (Wildman–Crippen LogP) is 1.46. The molecule has 0 bridgehead atoms. The van der Waals surface area contributed by atoms with Crippen molar-refractivity contribution in [3.05, 3.63) is 29.3 Å². The van der Waals surface area contributed by atoms with Crippen molar-refractivity contribution in [2.24, 2.45) is 5.73 Å². The van der Waals surface area contributed by atoms with Crippen molar-refractivity contribution in [2.45, 2.75) is 38.6 Å². The van der Waals surface area contributed by atoms with Gasteiger partial charge in [0.05, 0.1) is 4.90 Å². The van der Waals surface area contributed by atoms with Gasteiger partial charge in [-0.05, 0) is 43.6 Å². The highest BCUT2D eigenvalue weighted by Crippen LogP contribution is 2.16. The molecule has 1 aromatic carbocycles. The van der Waals surface area contributed by atoms with Gasteiger partial charge in [-0.2, -0.15) is 0 Å². The summed E-state index contributed by atoms with van der Waals surface area (Å²) in [5.74, 6) is 0. The first-order valence-corrected chi connectivity index (χ1v) is 8.94. The topological polar surface area (TPSA) is 75.4 Å². The van der Waals surface area contributed by atoms with Crippen LogP contribution in [0.4, 0.5) is 0 Å². The van der Waals surface area contributed by atoms with Gasteiger partial charge in [-0.3, -0.25) is 0 Å². The fourth-order valence-electron chi connectivity index (χ4n) is 2.30. The van der Waals surface area contributed by atoms with E-state index in [1.54, 1.807) is 19.1 Å². The van der Waals surface area contributed by atoms with E-state index in [1.165, 1.54) is 0 Å². The maximum Gasteiger partial charge on any atom is 0.240 e. The number of nitrogens with one attached hydrogen (secondary N) is 1. The van der Waals surface area contributed by atoms with Crippen LogP contribution in [0.5, 0.6) is 0 Å². The van der Waals surface area contributed by atoms with Crippen LogP contribution in [0.15, 0.2) is 23.1 Å². The number of hydrogen-bond donors (Lipinski definition) is 2. The lowest BCUT2D eigenvalue weighted by molar-refractivity contribution is 0.293. The Balaban J connectivity index is 2.69. The zero-order chi connectivity index (χ0) is 15.9. The van der Waals surface area contributed by atoms with Crippen LogP contribution in [0.2, 0.25) is 0 Å². The van der Waals surface area contributed by atoms with Gasteiger partial charge >= 0.3 is 0 Å². The van der Waals surface area contributed by atoms with Crippen molar-refractivity contribution < 1.29 is 8.42 Å². The first-order valence-electron chi connectivity index (χ1n) is 7.46. The molecule has 0 saturated carbocycles. The Morgan fingerprint density at radius 1 is 1.24 bits per heavy atom. The monoisotopic (exact) mass is 313 g/mol. The molecule has 5 nitrogen and oxygen atoms in total. The third-order valence-electron chi connectivity index (χ3n) is 3.47. The van der Waals surface area contributed by atoms with Crippen molar-refractivity contribution in [3.63, 3.8) is 0 Å². The second-order valence-electron chi connectivity index (χ2n) is 5.14. The molecule has 0 saturated heterocycles. The molecule has 0 aromatic heterocycles. The fourth-order valence-corrected chi connectivity index (χ4v) is 3.55. The van der Waals surface area contributed by atoms with Gasteiger partial charge in [0.2, 0.25) is 10.0 Å². The number of likely N-dealkylation sites (N-methyl/N-ethyl adjacent to an activating group) is 1. The van der Waals surface area contributed by atoms with Gasteiger partial charge in [-0.25, -0.2) is 13.1 Å². The summed E-state index contributed by atoms with van der Waals surface area (Å²) in [6.45, 7) is 9.48. The molecule has 0 fully saturated rings. The summed E-state index contributed by atoms with van der Waals surface area (Å²) in [5, 5.41) is 0. The van der Waals surface area contributed by atoms with E-state index in [0.29, 0.717) is 18.0 Å². The second-order valence-corrected chi connectivity index (χ2v) is 6.87. The van der Waals surface area contributed by atoms with Crippen molar-refractivity contribution in [1.82, 2.24) is 9.62 Å². The molecule has 21 heavy (non-hydrogen) atoms. The van der Waals surface area contributed by atoms with Gasteiger partial charge < -0.3 is 10.6 Å². The zero-order valence-corrected chi connectivity index (χ0v) is 14.0. The van der Waals surface area contributed by atoms with E-state index >= 15 is 0 Å². The lowest BCUT2D eigenvalue weighted by atomic mass is 10.1. The van der Waals surface area contributed by atoms with Gasteiger partial charge in [0.25, 0.3) is 0 Å².